The molecule has 106 valence electrons. The van der Waals surface area contributed by atoms with Gasteiger partial charge in [-0.05, 0) is 58.9 Å². The minimum Gasteiger partial charge on any atom is -0.325 e. The van der Waals surface area contributed by atoms with Crippen molar-refractivity contribution in [1.82, 2.24) is 0 Å². The molecule has 0 unspecified atom stereocenters. The van der Waals surface area contributed by atoms with Crippen LogP contribution in [-0.2, 0) is 4.79 Å². The summed E-state index contributed by atoms with van der Waals surface area (Å²) in [5, 5.41) is 0. The summed E-state index contributed by atoms with van der Waals surface area (Å²) in [6.07, 6.45) is 0. The number of rotatable bonds is 4. The molecule has 2 N–H and O–H groups in total. The molecule has 0 fully saturated rings. The fourth-order valence-corrected chi connectivity index (χ4v) is 1.68. The van der Waals surface area contributed by atoms with Crippen molar-refractivity contribution in [2.75, 3.05) is 11.4 Å². The van der Waals surface area contributed by atoms with Crippen LogP contribution < -0.4 is 10.6 Å². The Morgan fingerprint density at radius 1 is 1.21 bits per heavy atom. The normalized spacial score (nSPS) is 12.4. The fraction of sp³-hybridized carbons (Fsp3) is 0.533. The summed E-state index contributed by atoms with van der Waals surface area (Å²) in [6, 6.07) is 5.92. The maximum absolute atomic E-state index is 13.0. The van der Waals surface area contributed by atoms with E-state index < -0.39 is 11.0 Å². The second-order valence-corrected chi connectivity index (χ2v) is 5.87. The molecule has 0 atom stereocenters. The highest BCUT2D eigenvalue weighted by atomic mass is 19.1. The molecular formula is C15H23FN2O. The number of amides is 1. The van der Waals surface area contributed by atoms with Gasteiger partial charge in [0.15, 0.2) is 0 Å². The maximum Gasteiger partial charge on any atom is 0.234 e. The first-order valence-electron chi connectivity index (χ1n) is 6.47. The van der Waals surface area contributed by atoms with Crippen LogP contribution in [0.25, 0.3) is 0 Å². The van der Waals surface area contributed by atoms with Crippen molar-refractivity contribution < 1.29 is 9.18 Å². The van der Waals surface area contributed by atoms with Gasteiger partial charge in [0.25, 0.3) is 0 Å². The van der Waals surface area contributed by atoms with Crippen LogP contribution >= 0.6 is 0 Å². The molecule has 4 heteroatoms. The van der Waals surface area contributed by atoms with Crippen LogP contribution in [0.1, 0.15) is 34.6 Å². The highest BCUT2D eigenvalue weighted by Gasteiger charge is 2.42. The standard InChI is InChI=1S/C15H23FN2O/c1-6-18(12-9-7-11(16)8-10-12)13(19)14(2,3)15(4,5)17/h7-10H,6,17H2,1-5H3. The molecule has 1 amide bonds. The van der Waals surface area contributed by atoms with Gasteiger partial charge < -0.3 is 10.6 Å². The Morgan fingerprint density at radius 3 is 2.05 bits per heavy atom. The van der Waals surface area contributed by atoms with Gasteiger partial charge in [-0.15, -0.1) is 0 Å². The lowest BCUT2D eigenvalue weighted by Gasteiger charge is -2.40. The molecule has 1 aromatic carbocycles. The van der Waals surface area contributed by atoms with Gasteiger partial charge in [-0.1, -0.05) is 0 Å². The van der Waals surface area contributed by atoms with Crippen molar-refractivity contribution in [2.45, 2.75) is 40.2 Å². The fourth-order valence-electron chi connectivity index (χ4n) is 1.68. The van der Waals surface area contributed by atoms with Crippen molar-refractivity contribution in [3.05, 3.63) is 30.1 Å². The van der Waals surface area contributed by atoms with Crippen molar-refractivity contribution >= 4 is 11.6 Å². The van der Waals surface area contributed by atoms with Gasteiger partial charge in [-0.3, -0.25) is 4.79 Å². The van der Waals surface area contributed by atoms with Crippen molar-refractivity contribution in [3.8, 4) is 0 Å². The highest BCUT2D eigenvalue weighted by molar-refractivity contribution is 5.98. The van der Waals surface area contributed by atoms with E-state index in [1.54, 1.807) is 17.0 Å². The van der Waals surface area contributed by atoms with E-state index in [-0.39, 0.29) is 11.7 Å². The Kier molecular flexibility index (Phi) is 4.35. The van der Waals surface area contributed by atoms with Gasteiger partial charge in [0.1, 0.15) is 5.82 Å². The Balaban J connectivity index is 3.11. The van der Waals surface area contributed by atoms with E-state index in [4.69, 9.17) is 5.73 Å². The van der Waals surface area contributed by atoms with Gasteiger partial charge in [0.05, 0.1) is 5.41 Å². The first kappa shape index (κ1) is 15.6. The van der Waals surface area contributed by atoms with Crippen LogP contribution in [-0.4, -0.2) is 18.0 Å². The summed E-state index contributed by atoms with van der Waals surface area (Å²) in [7, 11) is 0. The second-order valence-electron chi connectivity index (χ2n) is 5.87. The van der Waals surface area contributed by atoms with Gasteiger partial charge in [0.2, 0.25) is 5.91 Å². The Hall–Kier alpha value is -1.42. The molecule has 1 rings (SSSR count). The third kappa shape index (κ3) is 3.13. The monoisotopic (exact) mass is 266 g/mol. The van der Waals surface area contributed by atoms with Crippen LogP contribution in [0.4, 0.5) is 10.1 Å². The van der Waals surface area contributed by atoms with E-state index in [0.29, 0.717) is 12.2 Å². The molecule has 0 aromatic heterocycles. The number of anilines is 1. The molecule has 0 aliphatic heterocycles. The maximum atomic E-state index is 13.0. The number of benzene rings is 1. The summed E-state index contributed by atoms with van der Waals surface area (Å²) in [6.45, 7) is 9.75. The third-order valence-electron chi connectivity index (χ3n) is 3.85. The van der Waals surface area contributed by atoms with Crippen LogP contribution in [0.15, 0.2) is 24.3 Å². The van der Waals surface area contributed by atoms with Crippen LogP contribution in [0.5, 0.6) is 0 Å². The number of hydrogen-bond acceptors (Lipinski definition) is 2. The Labute approximate surface area is 114 Å². The Bertz CT molecular complexity index is 446. The van der Waals surface area contributed by atoms with Gasteiger partial charge >= 0.3 is 0 Å². The predicted octanol–water partition coefficient (Wildman–Crippen LogP) is 2.94. The lowest BCUT2D eigenvalue weighted by Crippen LogP contribution is -2.56. The minimum absolute atomic E-state index is 0.0610. The molecular weight excluding hydrogens is 243 g/mol. The molecule has 3 nitrogen and oxygen atoms in total. The lowest BCUT2D eigenvalue weighted by atomic mass is 9.74. The first-order chi connectivity index (χ1) is 8.61. The van der Waals surface area contributed by atoms with Gasteiger partial charge in [0, 0.05) is 17.8 Å². The average molecular weight is 266 g/mol. The van der Waals surface area contributed by atoms with Crippen LogP contribution in [0.2, 0.25) is 0 Å². The smallest absolute Gasteiger partial charge is 0.234 e. The molecule has 0 saturated carbocycles. The number of nitrogens with two attached hydrogens (primary N) is 1. The van der Waals surface area contributed by atoms with E-state index >= 15 is 0 Å². The van der Waals surface area contributed by atoms with Crippen molar-refractivity contribution in [1.29, 1.82) is 0 Å². The number of nitrogens with zero attached hydrogens (tertiary/aromatic N) is 1. The number of carbonyl (C=O) groups is 1. The average Bonchev–Trinajstić information content (AvgIpc) is 2.30. The lowest BCUT2D eigenvalue weighted by molar-refractivity contribution is -0.129. The van der Waals surface area contributed by atoms with E-state index in [1.165, 1.54) is 12.1 Å². The molecule has 0 bridgehead atoms. The van der Waals surface area contributed by atoms with E-state index in [2.05, 4.69) is 0 Å². The summed E-state index contributed by atoms with van der Waals surface area (Å²) >= 11 is 0. The Morgan fingerprint density at radius 2 is 1.68 bits per heavy atom. The molecule has 1 aromatic rings. The molecule has 0 saturated heterocycles. The van der Waals surface area contributed by atoms with Crippen molar-refractivity contribution in [3.63, 3.8) is 0 Å². The molecule has 19 heavy (non-hydrogen) atoms. The van der Waals surface area contributed by atoms with Crippen LogP contribution in [0, 0.1) is 11.2 Å². The molecule has 0 aliphatic rings. The third-order valence-corrected chi connectivity index (χ3v) is 3.85. The largest absolute Gasteiger partial charge is 0.325 e. The summed E-state index contributed by atoms with van der Waals surface area (Å²) in [4.78, 5) is 14.3. The highest BCUT2D eigenvalue weighted by Crippen LogP contribution is 2.32. The predicted molar refractivity (Wildman–Crippen MR) is 76.5 cm³/mol. The first-order valence-corrected chi connectivity index (χ1v) is 6.47. The van der Waals surface area contributed by atoms with Crippen molar-refractivity contribution in [2.24, 2.45) is 11.1 Å². The SMILES string of the molecule is CCN(C(=O)C(C)(C)C(C)(C)N)c1ccc(F)cc1. The summed E-state index contributed by atoms with van der Waals surface area (Å²) < 4.78 is 13.0. The van der Waals surface area contributed by atoms with E-state index in [9.17, 15) is 9.18 Å². The number of hydrogen-bond donors (Lipinski definition) is 1. The summed E-state index contributed by atoms with van der Waals surface area (Å²) in [5.41, 5.74) is 5.44. The molecule has 0 radical (unpaired) electrons. The number of halogens is 1. The zero-order valence-corrected chi connectivity index (χ0v) is 12.3. The zero-order chi connectivity index (χ0) is 14.8. The molecule has 0 heterocycles. The molecule has 0 spiro atoms. The van der Waals surface area contributed by atoms with E-state index in [0.717, 1.165) is 0 Å². The second kappa shape index (κ2) is 5.29. The van der Waals surface area contributed by atoms with Gasteiger partial charge in [-0.2, -0.15) is 0 Å². The number of carbonyl (C=O) groups excluding carboxylic acids is 1. The summed E-state index contributed by atoms with van der Waals surface area (Å²) in [5.74, 6) is -0.375. The van der Waals surface area contributed by atoms with E-state index in [1.807, 2.05) is 34.6 Å². The zero-order valence-electron chi connectivity index (χ0n) is 12.3. The topological polar surface area (TPSA) is 46.3 Å². The van der Waals surface area contributed by atoms with Gasteiger partial charge in [-0.25, -0.2) is 4.39 Å². The van der Waals surface area contributed by atoms with Crippen LogP contribution in [0.3, 0.4) is 0 Å². The minimum atomic E-state index is -0.711. The molecule has 0 aliphatic carbocycles. The quantitative estimate of drug-likeness (QED) is 0.910.